The van der Waals surface area contributed by atoms with E-state index < -0.39 is 5.97 Å². The monoisotopic (exact) mass is 474 g/mol. The number of carbonyl (C=O) groups is 2. The van der Waals surface area contributed by atoms with Crippen LogP contribution in [0.1, 0.15) is 39.0 Å². The minimum Gasteiger partial charge on any atom is -0.481 e. The number of aliphatic carboxylic acids is 1. The third-order valence-electron chi connectivity index (χ3n) is 5.37. The van der Waals surface area contributed by atoms with E-state index in [0.717, 1.165) is 46.5 Å². The number of benzene rings is 1. The topological polar surface area (TPSA) is 107 Å². The molecule has 0 bridgehead atoms. The molecule has 3 N–H and O–H groups in total. The van der Waals surface area contributed by atoms with Crippen molar-refractivity contribution < 1.29 is 19.4 Å². The number of rotatable bonds is 10. The molecular formula is C22H26N4O4S2. The molecule has 1 aliphatic heterocycles. The number of aromatic nitrogens is 1. The molecule has 1 aromatic heterocycles. The first kappa shape index (κ1) is 22.5. The Morgan fingerprint density at radius 3 is 2.88 bits per heavy atom. The summed E-state index contributed by atoms with van der Waals surface area (Å²) in [5, 5.41) is 15.4. The van der Waals surface area contributed by atoms with Gasteiger partial charge in [-0.2, -0.15) is 0 Å². The summed E-state index contributed by atoms with van der Waals surface area (Å²) >= 11 is 2.47. The van der Waals surface area contributed by atoms with Gasteiger partial charge in [-0.1, -0.05) is 37.2 Å². The van der Waals surface area contributed by atoms with Crippen LogP contribution in [-0.4, -0.2) is 34.4 Å². The van der Waals surface area contributed by atoms with Crippen molar-refractivity contribution in [3.63, 3.8) is 0 Å². The van der Waals surface area contributed by atoms with Gasteiger partial charge in [-0.25, -0.2) is 9.78 Å². The summed E-state index contributed by atoms with van der Waals surface area (Å²) in [7, 11) is 0. The maximum absolute atomic E-state index is 13.2. The molecule has 0 radical (unpaired) electrons. The van der Waals surface area contributed by atoms with E-state index in [4.69, 9.17) is 9.84 Å². The Hall–Kier alpha value is -2.72. The third kappa shape index (κ3) is 5.95. The lowest BCUT2D eigenvalue weighted by molar-refractivity contribution is -0.133. The van der Waals surface area contributed by atoms with Crippen LogP contribution >= 0.6 is 23.1 Å². The number of carboxylic acid groups (broad SMARTS) is 1. The molecule has 2 heterocycles. The van der Waals surface area contributed by atoms with Gasteiger partial charge in [0, 0.05) is 24.3 Å². The molecule has 0 spiro atoms. The van der Waals surface area contributed by atoms with Crippen molar-refractivity contribution in [2.75, 3.05) is 27.8 Å². The largest absolute Gasteiger partial charge is 0.481 e. The van der Waals surface area contributed by atoms with Crippen LogP contribution < -0.4 is 15.5 Å². The van der Waals surface area contributed by atoms with Gasteiger partial charge in [-0.3, -0.25) is 15.0 Å². The molecule has 2 amide bonds. The summed E-state index contributed by atoms with van der Waals surface area (Å²) in [6.07, 6.45) is 7.07. The highest BCUT2D eigenvalue weighted by atomic mass is 32.2. The summed E-state index contributed by atoms with van der Waals surface area (Å²) in [6, 6.07) is 7.51. The van der Waals surface area contributed by atoms with E-state index in [1.165, 1.54) is 35.9 Å². The Balaban J connectivity index is 1.48. The molecule has 0 saturated heterocycles. The molecule has 2 aliphatic rings. The van der Waals surface area contributed by atoms with Crippen molar-refractivity contribution in [1.29, 1.82) is 0 Å². The molecule has 10 heteroatoms. The molecule has 1 aromatic carbocycles. The van der Waals surface area contributed by atoms with Crippen LogP contribution in [0.25, 0.3) is 0 Å². The van der Waals surface area contributed by atoms with Crippen LogP contribution in [-0.2, 0) is 9.53 Å². The Bertz CT molecular complexity index is 1020. The highest BCUT2D eigenvalue weighted by Gasteiger charge is 2.26. The number of amides is 2. The smallest absolute Gasteiger partial charge is 0.328 e. The van der Waals surface area contributed by atoms with E-state index in [-0.39, 0.29) is 11.8 Å². The minimum atomic E-state index is -0.886. The lowest BCUT2D eigenvalue weighted by Crippen LogP contribution is -2.38. The van der Waals surface area contributed by atoms with Gasteiger partial charge in [0.15, 0.2) is 10.9 Å². The zero-order chi connectivity index (χ0) is 22.5. The predicted molar refractivity (Wildman–Crippen MR) is 127 cm³/mol. The van der Waals surface area contributed by atoms with E-state index in [9.17, 15) is 9.59 Å². The number of thiazole rings is 1. The summed E-state index contributed by atoms with van der Waals surface area (Å²) in [5.74, 6) is 1.28. The van der Waals surface area contributed by atoms with Gasteiger partial charge < -0.3 is 15.2 Å². The number of urea groups is 1. The fourth-order valence-corrected chi connectivity index (χ4v) is 5.32. The van der Waals surface area contributed by atoms with Crippen LogP contribution in [0, 0.1) is 5.92 Å². The van der Waals surface area contributed by atoms with Gasteiger partial charge in [-0.05, 0) is 37.0 Å². The van der Waals surface area contributed by atoms with Crippen LogP contribution in [0.3, 0.4) is 0 Å². The van der Waals surface area contributed by atoms with Crippen molar-refractivity contribution in [3.05, 3.63) is 42.1 Å². The predicted octanol–water partition coefficient (Wildman–Crippen LogP) is 5.57. The molecule has 0 atom stereocenters. The van der Waals surface area contributed by atoms with Gasteiger partial charge in [0.25, 0.3) is 0 Å². The average molecular weight is 475 g/mol. The lowest BCUT2D eigenvalue weighted by Gasteiger charge is -2.26. The maximum Gasteiger partial charge on any atom is 0.328 e. The number of carboxylic acids is 1. The molecule has 8 nitrogen and oxygen atoms in total. The van der Waals surface area contributed by atoms with Gasteiger partial charge in [-0.15, -0.1) is 11.8 Å². The van der Waals surface area contributed by atoms with Gasteiger partial charge in [0.2, 0.25) is 5.88 Å². The molecule has 32 heavy (non-hydrogen) atoms. The molecular weight excluding hydrogens is 448 g/mol. The molecule has 1 saturated carbocycles. The van der Waals surface area contributed by atoms with E-state index in [0.29, 0.717) is 17.6 Å². The fourth-order valence-electron chi connectivity index (χ4n) is 3.74. The van der Waals surface area contributed by atoms with Crippen LogP contribution in [0.5, 0.6) is 0 Å². The van der Waals surface area contributed by atoms with Gasteiger partial charge >= 0.3 is 12.0 Å². The first-order valence-electron chi connectivity index (χ1n) is 10.7. The fraction of sp³-hybridized carbons (Fsp3) is 0.409. The third-order valence-corrected chi connectivity index (χ3v) is 7.46. The number of carbonyl (C=O) groups excluding carboxylic acids is 1. The number of hydrogen-bond donors (Lipinski definition) is 3. The van der Waals surface area contributed by atoms with E-state index >= 15 is 0 Å². The normalized spacial score (nSPS) is 15.4. The second-order valence-electron chi connectivity index (χ2n) is 7.74. The number of nitrogens with one attached hydrogen (secondary N) is 2. The van der Waals surface area contributed by atoms with Crippen molar-refractivity contribution in [3.8, 4) is 0 Å². The lowest BCUT2D eigenvalue weighted by atomic mass is 10.1. The highest BCUT2D eigenvalue weighted by molar-refractivity contribution is 8.01. The van der Waals surface area contributed by atoms with Crippen LogP contribution in [0.2, 0.25) is 0 Å². The Labute approximate surface area is 195 Å². The number of ether oxygens (including phenoxy) is 1. The van der Waals surface area contributed by atoms with Crippen molar-refractivity contribution in [1.82, 2.24) is 4.98 Å². The van der Waals surface area contributed by atoms with E-state index in [1.54, 1.807) is 11.1 Å². The van der Waals surface area contributed by atoms with Gasteiger partial charge in [0.05, 0.1) is 16.2 Å². The number of allylic oxidation sites excluding steroid dienone is 1. The average Bonchev–Trinajstić information content (AvgIpc) is 3.14. The minimum absolute atomic E-state index is 0.0386. The highest BCUT2D eigenvalue weighted by Crippen LogP contribution is 2.33. The number of hydrogen-bond acceptors (Lipinski definition) is 7. The SMILES string of the molecule is CCC1=C(Nc2cccc(N(CC3CCCC3)C(=O)Nc3ncc(SCC(=O)O)s3)c2)O1. The molecule has 4 rings (SSSR count). The molecule has 2 aromatic rings. The van der Waals surface area contributed by atoms with Crippen molar-refractivity contribution in [2.45, 2.75) is 43.2 Å². The zero-order valence-corrected chi connectivity index (χ0v) is 19.4. The Kier molecular flexibility index (Phi) is 7.21. The van der Waals surface area contributed by atoms with Crippen molar-refractivity contribution in [2.24, 2.45) is 5.92 Å². The second-order valence-corrected chi connectivity index (χ2v) is 10.0. The maximum atomic E-state index is 13.2. The Morgan fingerprint density at radius 2 is 2.16 bits per heavy atom. The summed E-state index contributed by atoms with van der Waals surface area (Å²) in [5.41, 5.74) is 1.67. The molecule has 1 fully saturated rings. The Morgan fingerprint density at radius 1 is 1.34 bits per heavy atom. The summed E-state index contributed by atoms with van der Waals surface area (Å²) in [4.78, 5) is 30.0. The molecule has 0 unspecified atom stereocenters. The second kappa shape index (κ2) is 10.3. The first-order valence-corrected chi connectivity index (χ1v) is 12.5. The number of thioether (sulfide) groups is 1. The van der Waals surface area contributed by atoms with Gasteiger partial charge in [0.1, 0.15) is 0 Å². The first-order chi connectivity index (χ1) is 15.5. The zero-order valence-electron chi connectivity index (χ0n) is 17.8. The van der Waals surface area contributed by atoms with Crippen LogP contribution in [0.15, 0.2) is 46.3 Å². The number of anilines is 3. The molecule has 1 aliphatic carbocycles. The molecule has 170 valence electrons. The standard InChI is InChI=1S/C22H26N4O4S2/c1-2-17-20(30-17)24-15-8-5-9-16(10-15)26(12-14-6-3-4-7-14)22(29)25-21-23-11-19(32-21)31-13-18(27)28/h5,8-11,14,24H,2-4,6-7,12-13H2,1H3,(H,27,28)(H,23,25,29). The summed E-state index contributed by atoms with van der Waals surface area (Å²) < 4.78 is 6.18. The van der Waals surface area contributed by atoms with E-state index in [2.05, 4.69) is 15.6 Å². The van der Waals surface area contributed by atoms with E-state index in [1.807, 2.05) is 31.2 Å². The quantitative estimate of drug-likeness (QED) is 0.386. The van der Waals surface area contributed by atoms with Crippen molar-refractivity contribution >= 4 is 51.6 Å². The number of nitrogens with zero attached hydrogens (tertiary/aromatic N) is 2. The summed E-state index contributed by atoms with van der Waals surface area (Å²) in [6.45, 7) is 2.68. The van der Waals surface area contributed by atoms with Crippen LogP contribution in [0.4, 0.5) is 21.3 Å².